The van der Waals surface area contributed by atoms with Crippen molar-refractivity contribution in [3.8, 4) is 11.4 Å². The maximum atomic E-state index is 11.2. The summed E-state index contributed by atoms with van der Waals surface area (Å²) < 4.78 is 7.47. The predicted octanol–water partition coefficient (Wildman–Crippen LogP) is 5.40. The Morgan fingerprint density at radius 1 is 1.14 bits per heavy atom. The molecular weight excluding hydrogens is 470 g/mol. The van der Waals surface area contributed by atoms with Crippen LogP contribution in [0.1, 0.15) is 11.3 Å². The number of para-hydroxylation sites is 1. The molecule has 0 bridgehead atoms. The van der Waals surface area contributed by atoms with Crippen LogP contribution in [0.4, 0.5) is 17.3 Å². The number of fused-ring (bicyclic) bond motifs is 1. The van der Waals surface area contributed by atoms with Crippen molar-refractivity contribution in [3.63, 3.8) is 0 Å². The number of nitrogens with one attached hydrogen (secondary N) is 1. The molecule has 0 aliphatic carbocycles. The van der Waals surface area contributed by atoms with E-state index in [0.29, 0.717) is 39.2 Å². The summed E-state index contributed by atoms with van der Waals surface area (Å²) in [6.45, 7) is 1.82. The highest BCUT2D eigenvalue weighted by atomic mass is 35.5. The number of anilines is 2. The van der Waals surface area contributed by atoms with E-state index in [1.165, 1.54) is 10.7 Å². The molecule has 1 N–H and O–H groups in total. The van der Waals surface area contributed by atoms with Crippen LogP contribution in [-0.4, -0.2) is 29.9 Å². The molecule has 0 aliphatic heterocycles. The molecule has 0 atom stereocenters. The van der Waals surface area contributed by atoms with Crippen LogP contribution in [0, 0.1) is 17.0 Å². The molecule has 10 nitrogen and oxygen atoms in total. The zero-order valence-corrected chi connectivity index (χ0v) is 19.2. The Morgan fingerprint density at radius 2 is 2.00 bits per heavy atom. The minimum atomic E-state index is -0.419. The van der Waals surface area contributed by atoms with E-state index in [-0.39, 0.29) is 12.3 Å². The Morgan fingerprint density at radius 3 is 2.83 bits per heavy atom. The average molecular weight is 488 g/mol. The molecule has 0 saturated heterocycles. The second-order valence-electron chi connectivity index (χ2n) is 7.69. The summed E-state index contributed by atoms with van der Waals surface area (Å²) in [6.07, 6.45) is 3.38. The van der Waals surface area contributed by atoms with Gasteiger partial charge in [-0.2, -0.15) is 0 Å². The molecule has 2 aromatic heterocycles. The first-order chi connectivity index (χ1) is 17.0. The van der Waals surface area contributed by atoms with Gasteiger partial charge in [0.15, 0.2) is 0 Å². The minimum absolute atomic E-state index is 0.0217. The highest BCUT2D eigenvalue weighted by molar-refractivity contribution is 6.30. The molecular formula is C24H18ClN7O3. The van der Waals surface area contributed by atoms with Crippen molar-refractivity contribution in [1.82, 2.24) is 25.0 Å². The van der Waals surface area contributed by atoms with Gasteiger partial charge < -0.3 is 10.1 Å². The molecule has 5 rings (SSSR count). The third-order valence-electron chi connectivity index (χ3n) is 5.22. The fourth-order valence-electron chi connectivity index (χ4n) is 3.48. The van der Waals surface area contributed by atoms with Gasteiger partial charge in [0, 0.05) is 33.9 Å². The van der Waals surface area contributed by atoms with Gasteiger partial charge in [-0.15, -0.1) is 5.10 Å². The summed E-state index contributed by atoms with van der Waals surface area (Å²) >= 11 is 6.06. The first-order valence-corrected chi connectivity index (χ1v) is 10.9. The molecule has 174 valence electrons. The van der Waals surface area contributed by atoms with E-state index in [1.54, 1.807) is 43.6 Å². The number of aromatic nitrogens is 5. The van der Waals surface area contributed by atoms with E-state index in [2.05, 4.69) is 25.6 Å². The van der Waals surface area contributed by atoms with Crippen LogP contribution in [0.15, 0.2) is 73.1 Å². The number of ether oxygens (including phenoxy) is 1. The van der Waals surface area contributed by atoms with Gasteiger partial charge in [-0.25, -0.2) is 14.6 Å². The summed E-state index contributed by atoms with van der Waals surface area (Å²) in [4.78, 5) is 19.8. The van der Waals surface area contributed by atoms with Gasteiger partial charge in [-0.1, -0.05) is 41.1 Å². The lowest BCUT2D eigenvalue weighted by Crippen LogP contribution is -2.00. The summed E-state index contributed by atoms with van der Waals surface area (Å²) in [5, 5.41) is 24.0. The Kier molecular flexibility index (Phi) is 5.94. The highest BCUT2D eigenvalue weighted by Crippen LogP contribution is 2.27. The first-order valence-electron chi connectivity index (χ1n) is 10.5. The van der Waals surface area contributed by atoms with Crippen molar-refractivity contribution in [3.05, 3.63) is 99.5 Å². The minimum Gasteiger partial charge on any atom is -0.485 e. The van der Waals surface area contributed by atoms with E-state index in [1.807, 2.05) is 30.3 Å². The van der Waals surface area contributed by atoms with Gasteiger partial charge in [0.2, 0.25) is 5.95 Å². The normalized spacial score (nSPS) is 10.9. The lowest BCUT2D eigenvalue weighted by atomic mass is 10.2. The Labute approximate surface area is 204 Å². The summed E-state index contributed by atoms with van der Waals surface area (Å²) in [5.74, 6) is 0.960. The van der Waals surface area contributed by atoms with Crippen LogP contribution in [0.3, 0.4) is 0 Å². The molecule has 2 heterocycles. The second kappa shape index (κ2) is 9.35. The second-order valence-corrected chi connectivity index (χ2v) is 8.13. The van der Waals surface area contributed by atoms with E-state index in [4.69, 9.17) is 16.3 Å². The molecule has 3 aromatic carbocycles. The van der Waals surface area contributed by atoms with Crippen LogP contribution in [0.5, 0.6) is 5.75 Å². The third kappa shape index (κ3) is 4.87. The zero-order valence-electron chi connectivity index (χ0n) is 18.4. The quantitative estimate of drug-likeness (QED) is 0.239. The topological polar surface area (TPSA) is 121 Å². The average Bonchev–Trinajstić information content (AvgIpc) is 3.32. The maximum Gasteiger partial charge on any atom is 0.274 e. The van der Waals surface area contributed by atoms with E-state index < -0.39 is 4.92 Å². The Bertz CT molecular complexity index is 1550. The number of rotatable bonds is 7. The zero-order chi connectivity index (χ0) is 24.4. The van der Waals surface area contributed by atoms with E-state index in [9.17, 15) is 10.1 Å². The summed E-state index contributed by atoms with van der Waals surface area (Å²) in [7, 11) is 0. The van der Waals surface area contributed by atoms with E-state index in [0.717, 1.165) is 11.1 Å². The summed E-state index contributed by atoms with van der Waals surface area (Å²) in [5.41, 5.74) is 3.09. The SMILES string of the molecule is Cc1ccc(-n2cc(COc3cccc4cnc(Nc5cccc(Cl)c5)nc34)nn2)cc1[N+](=O)[O-]. The van der Waals surface area contributed by atoms with Gasteiger partial charge in [-0.05, 0) is 37.3 Å². The number of nitrogens with zero attached hydrogens (tertiary/aromatic N) is 6. The fourth-order valence-corrected chi connectivity index (χ4v) is 3.67. The molecule has 0 fully saturated rings. The highest BCUT2D eigenvalue weighted by Gasteiger charge is 2.14. The number of nitro benzene ring substituents is 1. The van der Waals surface area contributed by atoms with Crippen molar-refractivity contribution >= 4 is 39.8 Å². The van der Waals surface area contributed by atoms with E-state index >= 15 is 0 Å². The standard InChI is InChI=1S/C24H18ClN7O3/c1-15-8-9-20(11-21(15)32(33)34)31-13-19(29-30-31)14-35-22-7-2-4-16-12-26-24(28-23(16)22)27-18-6-3-5-17(25)10-18/h2-13H,14H2,1H3,(H,26,27,28). The van der Waals surface area contributed by atoms with Crippen LogP contribution >= 0.6 is 11.6 Å². The molecule has 0 unspecified atom stereocenters. The van der Waals surface area contributed by atoms with Gasteiger partial charge in [0.1, 0.15) is 23.6 Å². The smallest absolute Gasteiger partial charge is 0.274 e. The molecule has 0 saturated carbocycles. The monoisotopic (exact) mass is 487 g/mol. The van der Waals surface area contributed by atoms with Gasteiger partial charge >= 0.3 is 0 Å². The molecule has 11 heteroatoms. The Hall–Kier alpha value is -4.57. The largest absolute Gasteiger partial charge is 0.485 e. The Balaban J connectivity index is 1.35. The van der Waals surface area contributed by atoms with Gasteiger partial charge in [0.05, 0.1) is 16.8 Å². The molecule has 0 spiro atoms. The molecule has 35 heavy (non-hydrogen) atoms. The third-order valence-corrected chi connectivity index (χ3v) is 5.46. The number of hydrogen-bond donors (Lipinski definition) is 1. The molecule has 0 aliphatic rings. The van der Waals surface area contributed by atoms with Crippen molar-refractivity contribution in [2.24, 2.45) is 0 Å². The predicted molar refractivity (Wildman–Crippen MR) is 131 cm³/mol. The van der Waals surface area contributed by atoms with Crippen molar-refractivity contribution < 1.29 is 9.66 Å². The maximum absolute atomic E-state index is 11.2. The number of benzene rings is 3. The van der Waals surface area contributed by atoms with Crippen LogP contribution < -0.4 is 10.1 Å². The molecule has 0 radical (unpaired) electrons. The fraction of sp³-hybridized carbons (Fsp3) is 0.0833. The lowest BCUT2D eigenvalue weighted by molar-refractivity contribution is -0.385. The van der Waals surface area contributed by atoms with Crippen molar-refractivity contribution in [2.45, 2.75) is 13.5 Å². The molecule has 5 aromatic rings. The van der Waals surface area contributed by atoms with Crippen LogP contribution in [0.2, 0.25) is 5.02 Å². The number of halogens is 1. The van der Waals surface area contributed by atoms with Crippen molar-refractivity contribution in [2.75, 3.05) is 5.32 Å². The van der Waals surface area contributed by atoms with Gasteiger partial charge in [-0.3, -0.25) is 10.1 Å². The number of aryl methyl sites for hydroxylation is 1. The van der Waals surface area contributed by atoms with Crippen molar-refractivity contribution in [1.29, 1.82) is 0 Å². The number of hydrogen-bond acceptors (Lipinski definition) is 8. The van der Waals surface area contributed by atoms with Crippen LogP contribution in [0.25, 0.3) is 16.6 Å². The first kappa shape index (κ1) is 22.2. The van der Waals surface area contributed by atoms with Gasteiger partial charge in [0.25, 0.3) is 5.69 Å². The lowest BCUT2D eigenvalue weighted by Gasteiger charge is -2.09. The summed E-state index contributed by atoms with van der Waals surface area (Å²) in [6, 6.07) is 17.7. The number of nitro groups is 1. The van der Waals surface area contributed by atoms with Crippen LogP contribution in [-0.2, 0) is 6.61 Å². The molecule has 0 amide bonds.